The van der Waals surface area contributed by atoms with Gasteiger partial charge in [-0.1, -0.05) is 93.0 Å². The molecule has 1 aliphatic rings. The van der Waals surface area contributed by atoms with Gasteiger partial charge in [-0.25, -0.2) is 9.37 Å². The lowest BCUT2D eigenvalue weighted by molar-refractivity contribution is -0.00535. The van der Waals surface area contributed by atoms with Crippen molar-refractivity contribution < 1.29 is 18.3 Å². The Labute approximate surface area is 256 Å². The first-order chi connectivity index (χ1) is 20.0. The zero-order chi connectivity index (χ0) is 30.1. The second kappa shape index (κ2) is 12.3. The van der Waals surface area contributed by atoms with Crippen LogP contribution in [-0.2, 0) is 15.8 Å². The summed E-state index contributed by atoms with van der Waals surface area (Å²) in [5.74, 6) is -1.40. The Morgan fingerprint density at radius 1 is 1.07 bits per heavy atom. The van der Waals surface area contributed by atoms with Gasteiger partial charge in [0.25, 0.3) is 8.32 Å². The fourth-order valence-electron chi connectivity index (χ4n) is 5.89. The van der Waals surface area contributed by atoms with Crippen LogP contribution in [0.4, 0.5) is 10.1 Å². The number of carbonyl (C=O) groups is 1. The first-order valence-corrected chi connectivity index (χ1v) is 17.2. The summed E-state index contributed by atoms with van der Waals surface area (Å²) in [4.78, 5) is 24.3. The molecule has 2 atom stereocenters. The summed E-state index contributed by atoms with van der Waals surface area (Å²) in [5, 5.41) is 1.78. The maximum absolute atomic E-state index is 15.9. The Kier molecular flexibility index (Phi) is 8.96. The quantitative estimate of drug-likeness (QED) is 0.171. The van der Waals surface area contributed by atoms with Crippen LogP contribution < -0.4 is 15.3 Å². The average molecular weight is 624 g/mol. The molecule has 0 spiro atoms. The molecule has 0 radical (unpaired) electrons. The van der Waals surface area contributed by atoms with E-state index < -0.39 is 19.9 Å². The maximum Gasteiger partial charge on any atom is 0.261 e. The number of morpholine rings is 1. The smallest absolute Gasteiger partial charge is 0.261 e. The molecule has 4 aromatic rings. The first kappa shape index (κ1) is 30.5. The van der Waals surface area contributed by atoms with Gasteiger partial charge in [0.05, 0.1) is 40.6 Å². The molecular weight excluding hydrogens is 589 g/mol. The van der Waals surface area contributed by atoms with Crippen LogP contribution in [0, 0.1) is 5.82 Å². The molecule has 3 heterocycles. The van der Waals surface area contributed by atoms with Crippen LogP contribution in [-0.4, -0.2) is 49.4 Å². The van der Waals surface area contributed by atoms with Gasteiger partial charge < -0.3 is 14.1 Å². The molecule has 42 heavy (non-hydrogen) atoms. The summed E-state index contributed by atoms with van der Waals surface area (Å²) in [6, 6.07) is 20.5. The van der Waals surface area contributed by atoms with E-state index in [-0.39, 0.29) is 39.4 Å². The first-order valence-electron chi connectivity index (χ1n) is 14.0. The third-order valence-electron chi connectivity index (χ3n) is 7.58. The third kappa shape index (κ3) is 5.81. The second-order valence-corrected chi connectivity index (χ2v) is 17.3. The van der Waals surface area contributed by atoms with Crippen LogP contribution in [0.2, 0.25) is 10.1 Å². The molecule has 0 N–H and O–H groups in total. The Bertz CT molecular complexity index is 1480. The fraction of sp³-hybridized carbons (Fsp3) is 0.344. The van der Waals surface area contributed by atoms with Crippen molar-refractivity contribution in [1.82, 2.24) is 9.97 Å². The molecule has 2 aromatic heterocycles. The molecule has 0 aliphatic carbocycles. The van der Waals surface area contributed by atoms with Crippen LogP contribution >= 0.6 is 22.9 Å². The summed E-state index contributed by atoms with van der Waals surface area (Å²) in [7, 11) is -2.97. The van der Waals surface area contributed by atoms with Crippen LogP contribution in [0.1, 0.15) is 55.7 Å². The lowest BCUT2D eigenvalue weighted by atomic mass is 10.1. The summed E-state index contributed by atoms with van der Waals surface area (Å²) >= 11 is 7.94. The third-order valence-corrected chi connectivity index (χ3v) is 13.7. The van der Waals surface area contributed by atoms with E-state index in [0.717, 1.165) is 21.7 Å². The van der Waals surface area contributed by atoms with Crippen molar-refractivity contribution in [1.29, 1.82) is 0 Å². The Balaban J connectivity index is 1.68. The Morgan fingerprint density at radius 3 is 2.14 bits per heavy atom. The topological polar surface area (TPSA) is 64.5 Å². The number of thiazole rings is 1. The summed E-state index contributed by atoms with van der Waals surface area (Å²) in [6.07, 6.45) is 1.22. The van der Waals surface area contributed by atoms with E-state index in [9.17, 15) is 4.79 Å². The predicted molar refractivity (Wildman–Crippen MR) is 169 cm³/mol. The zero-order valence-corrected chi connectivity index (χ0v) is 27.0. The van der Waals surface area contributed by atoms with E-state index in [4.69, 9.17) is 20.8 Å². The van der Waals surface area contributed by atoms with Crippen molar-refractivity contribution in [2.75, 3.05) is 18.0 Å². The standard InChI is InChI=1S/C32H35ClFN3O3SSi/c1-21-17-37(18-22(2)40-21)30-25(36-29(28(34)27(30)33)31(38)26-16-35-20-41-26)19-39-42(32(3,4)5,23-12-8-6-9-13-23)24-14-10-7-11-15-24/h6-16,20-22H,17-19H2,1-5H3. The number of carbonyl (C=O) groups excluding carboxylic acids is 1. The van der Waals surface area contributed by atoms with Crippen molar-refractivity contribution in [2.45, 2.75) is 58.5 Å². The number of aromatic nitrogens is 2. The zero-order valence-electron chi connectivity index (χ0n) is 24.4. The van der Waals surface area contributed by atoms with E-state index in [0.29, 0.717) is 24.5 Å². The largest absolute Gasteiger partial charge is 0.401 e. The average Bonchev–Trinajstić information content (AvgIpc) is 3.50. The number of benzene rings is 2. The van der Waals surface area contributed by atoms with E-state index in [1.807, 2.05) is 55.1 Å². The molecule has 10 heteroatoms. The van der Waals surface area contributed by atoms with Crippen LogP contribution in [0.15, 0.2) is 72.4 Å². The van der Waals surface area contributed by atoms with Crippen LogP contribution in [0.25, 0.3) is 0 Å². The SMILES string of the molecule is CC1CN(c2c(CO[Si](c3ccccc3)(c3ccccc3)C(C)(C)C)nc(C(=O)c3cncs3)c(F)c2Cl)CC(C)O1. The monoisotopic (exact) mass is 623 g/mol. The second-order valence-electron chi connectivity index (χ2n) is 11.7. The van der Waals surface area contributed by atoms with Gasteiger partial charge >= 0.3 is 0 Å². The van der Waals surface area contributed by atoms with E-state index in [1.165, 1.54) is 11.7 Å². The molecule has 1 aliphatic heterocycles. The number of halogens is 2. The van der Waals surface area contributed by atoms with Gasteiger partial charge in [-0.2, -0.15) is 0 Å². The lowest BCUT2D eigenvalue weighted by Crippen LogP contribution is -2.66. The highest BCUT2D eigenvalue weighted by Gasteiger charge is 2.50. The van der Waals surface area contributed by atoms with Gasteiger partial charge in [0, 0.05) is 19.3 Å². The molecule has 220 valence electrons. The summed E-state index contributed by atoms with van der Waals surface area (Å²) < 4.78 is 29.0. The van der Waals surface area contributed by atoms with Gasteiger partial charge in [0.1, 0.15) is 10.7 Å². The van der Waals surface area contributed by atoms with E-state index in [2.05, 4.69) is 55.0 Å². The molecule has 0 saturated carbocycles. The molecular formula is C32H35ClFN3O3SSi. The van der Waals surface area contributed by atoms with Crippen LogP contribution in [0.3, 0.4) is 0 Å². The minimum atomic E-state index is -2.97. The van der Waals surface area contributed by atoms with Gasteiger partial charge in [-0.05, 0) is 29.3 Å². The highest BCUT2D eigenvalue weighted by molar-refractivity contribution is 7.11. The highest BCUT2D eigenvalue weighted by atomic mass is 35.5. The molecule has 1 saturated heterocycles. The normalized spacial score (nSPS) is 17.8. The summed E-state index contributed by atoms with van der Waals surface area (Å²) in [5.41, 5.74) is 2.06. The molecule has 2 unspecified atom stereocenters. The number of pyridine rings is 1. The van der Waals surface area contributed by atoms with Gasteiger partial charge in [-0.15, -0.1) is 11.3 Å². The maximum atomic E-state index is 15.9. The predicted octanol–water partition coefficient (Wildman–Crippen LogP) is 6.25. The van der Waals surface area contributed by atoms with Crippen molar-refractivity contribution in [3.8, 4) is 0 Å². The van der Waals surface area contributed by atoms with Crippen molar-refractivity contribution in [3.05, 3.63) is 99.5 Å². The number of hydrogen-bond donors (Lipinski definition) is 0. The Hall–Kier alpha value is -2.95. The van der Waals surface area contributed by atoms with Gasteiger partial charge in [-0.3, -0.25) is 9.78 Å². The number of rotatable bonds is 8. The molecule has 5 rings (SSSR count). The number of anilines is 1. The van der Waals surface area contributed by atoms with Gasteiger partial charge in [0.2, 0.25) is 5.78 Å². The minimum Gasteiger partial charge on any atom is -0.401 e. The fourth-order valence-corrected chi connectivity index (χ4v) is 11.3. The Morgan fingerprint density at radius 2 is 1.64 bits per heavy atom. The van der Waals surface area contributed by atoms with Crippen molar-refractivity contribution >= 4 is 53.1 Å². The van der Waals surface area contributed by atoms with Crippen molar-refractivity contribution in [2.24, 2.45) is 0 Å². The molecule has 0 amide bonds. The van der Waals surface area contributed by atoms with Crippen molar-refractivity contribution in [3.63, 3.8) is 0 Å². The van der Waals surface area contributed by atoms with E-state index >= 15 is 4.39 Å². The molecule has 6 nitrogen and oxygen atoms in total. The minimum absolute atomic E-state index is 0.0334. The molecule has 2 aromatic carbocycles. The highest BCUT2D eigenvalue weighted by Crippen LogP contribution is 2.40. The van der Waals surface area contributed by atoms with E-state index in [1.54, 1.807) is 0 Å². The molecule has 0 bridgehead atoms. The number of nitrogens with zero attached hydrogens (tertiary/aromatic N) is 3. The van der Waals surface area contributed by atoms with Crippen LogP contribution in [0.5, 0.6) is 0 Å². The lowest BCUT2D eigenvalue weighted by Gasteiger charge is -2.43. The number of hydrogen-bond acceptors (Lipinski definition) is 7. The summed E-state index contributed by atoms with van der Waals surface area (Å²) in [6.45, 7) is 11.5. The number of ketones is 1. The number of ether oxygens (including phenoxy) is 1. The molecule has 1 fully saturated rings. The van der Waals surface area contributed by atoms with Gasteiger partial charge in [0.15, 0.2) is 5.82 Å².